The van der Waals surface area contributed by atoms with E-state index in [0.29, 0.717) is 12.3 Å². The van der Waals surface area contributed by atoms with Crippen molar-refractivity contribution in [3.63, 3.8) is 0 Å². The number of rotatable bonds is 6. The van der Waals surface area contributed by atoms with Crippen molar-refractivity contribution in [1.82, 2.24) is 0 Å². The van der Waals surface area contributed by atoms with Gasteiger partial charge in [-0.25, -0.2) is 4.79 Å². The summed E-state index contributed by atoms with van der Waals surface area (Å²) in [7, 11) is 0. The zero-order chi connectivity index (χ0) is 17.7. The molecule has 0 saturated heterocycles. The van der Waals surface area contributed by atoms with E-state index in [1.54, 1.807) is 6.92 Å². The maximum absolute atomic E-state index is 12.1. The Morgan fingerprint density at radius 3 is 2.21 bits per heavy atom. The van der Waals surface area contributed by atoms with E-state index in [-0.39, 0.29) is 11.7 Å². The van der Waals surface area contributed by atoms with Gasteiger partial charge in [0, 0.05) is 0 Å². The number of carbonyl (C=O) groups is 1. The van der Waals surface area contributed by atoms with Gasteiger partial charge >= 0.3 is 5.97 Å². The van der Waals surface area contributed by atoms with Crippen LogP contribution in [0.25, 0.3) is 0 Å². The van der Waals surface area contributed by atoms with E-state index < -0.39 is 23.2 Å². The fourth-order valence-electron chi connectivity index (χ4n) is 2.69. The summed E-state index contributed by atoms with van der Waals surface area (Å²) in [4.78, 5) is 12.1. The second kappa shape index (κ2) is 7.73. The van der Waals surface area contributed by atoms with Gasteiger partial charge in [0.1, 0.15) is 0 Å². The van der Waals surface area contributed by atoms with Crippen molar-refractivity contribution in [1.29, 1.82) is 0 Å². The van der Waals surface area contributed by atoms with Gasteiger partial charge in [0.25, 0.3) is 0 Å². The van der Waals surface area contributed by atoms with Crippen molar-refractivity contribution >= 4 is 5.97 Å². The lowest BCUT2D eigenvalue weighted by atomic mass is 9.96. The molecule has 0 heterocycles. The van der Waals surface area contributed by atoms with Crippen LogP contribution >= 0.6 is 0 Å². The van der Waals surface area contributed by atoms with Gasteiger partial charge in [0.05, 0.1) is 11.7 Å². The maximum Gasteiger partial charge on any atom is 0.338 e. The molecule has 0 aliphatic heterocycles. The van der Waals surface area contributed by atoms with Gasteiger partial charge < -0.3 is 20.1 Å². The molecule has 128 valence electrons. The molecule has 0 aromatic heterocycles. The van der Waals surface area contributed by atoms with Crippen LogP contribution in [0.15, 0.2) is 42.5 Å². The fraction of sp³-hybridized carbons (Fsp3) is 0.316. The van der Waals surface area contributed by atoms with E-state index in [4.69, 9.17) is 4.74 Å². The highest BCUT2D eigenvalue weighted by atomic mass is 16.5. The average Bonchev–Trinajstić information content (AvgIpc) is 2.52. The first kappa shape index (κ1) is 17.7. The Hall–Kier alpha value is -2.69. The Labute approximate surface area is 141 Å². The minimum atomic E-state index is -0.656. The highest BCUT2D eigenvalue weighted by molar-refractivity contribution is 5.91. The number of ether oxygens (including phenoxy) is 1. The third-order valence-corrected chi connectivity index (χ3v) is 3.77. The number of carbonyl (C=O) groups excluding carboxylic acids is 1. The van der Waals surface area contributed by atoms with Crippen molar-refractivity contribution in [2.75, 3.05) is 0 Å². The smallest absolute Gasteiger partial charge is 0.338 e. The molecule has 0 aliphatic carbocycles. The first-order valence-corrected chi connectivity index (χ1v) is 7.86. The van der Waals surface area contributed by atoms with Crippen molar-refractivity contribution in [2.45, 2.75) is 32.8 Å². The number of phenols is 3. The normalized spacial score (nSPS) is 13.2. The van der Waals surface area contributed by atoms with Crippen LogP contribution in [0, 0.1) is 5.92 Å². The van der Waals surface area contributed by atoms with E-state index >= 15 is 0 Å². The quantitative estimate of drug-likeness (QED) is 0.556. The van der Waals surface area contributed by atoms with Gasteiger partial charge in [-0.05, 0) is 43.4 Å². The zero-order valence-electron chi connectivity index (χ0n) is 13.8. The SMILES string of the molecule is CC(Cc1ccccc1)CC(C)OC(=O)c1cc(O)c(O)c(O)c1. The van der Waals surface area contributed by atoms with Crippen molar-refractivity contribution < 1.29 is 24.9 Å². The van der Waals surface area contributed by atoms with Crippen LogP contribution in [-0.4, -0.2) is 27.4 Å². The van der Waals surface area contributed by atoms with E-state index in [1.165, 1.54) is 5.56 Å². The van der Waals surface area contributed by atoms with Crippen LogP contribution in [0.5, 0.6) is 17.2 Å². The third kappa shape index (κ3) is 4.65. The predicted octanol–water partition coefficient (Wildman–Crippen LogP) is 3.62. The summed E-state index contributed by atoms with van der Waals surface area (Å²) in [6.07, 6.45) is 1.27. The molecule has 0 radical (unpaired) electrons. The molecule has 0 bridgehead atoms. The highest BCUT2D eigenvalue weighted by Gasteiger charge is 2.18. The summed E-state index contributed by atoms with van der Waals surface area (Å²) in [5, 5.41) is 28.2. The van der Waals surface area contributed by atoms with Crippen LogP contribution in [-0.2, 0) is 11.2 Å². The molecule has 2 aromatic carbocycles. The Bertz CT molecular complexity index is 673. The molecule has 5 heteroatoms. The molecule has 5 nitrogen and oxygen atoms in total. The lowest BCUT2D eigenvalue weighted by Gasteiger charge is -2.18. The van der Waals surface area contributed by atoms with E-state index in [0.717, 1.165) is 18.6 Å². The Morgan fingerprint density at radius 2 is 1.62 bits per heavy atom. The van der Waals surface area contributed by atoms with E-state index in [9.17, 15) is 20.1 Å². The topological polar surface area (TPSA) is 87.0 Å². The number of hydrogen-bond acceptors (Lipinski definition) is 5. The minimum absolute atomic E-state index is 0.00892. The molecule has 2 aromatic rings. The second-order valence-electron chi connectivity index (χ2n) is 6.11. The van der Waals surface area contributed by atoms with Gasteiger partial charge in [-0.3, -0.25) is 0 Å². The molecule has 0 fully saturated rings. The zero-order valence-corrected chi connectivity index (χ0v) is 13.8. The number of aromatic hydroxyl groups is 3. The second-order valence-corrected chi connectivity index (χ2v) is 6.11. The summed E-state index contributed by atoms with van der Waals surface area (Å²) in [6, 6.07) is 12.2. The van der Waals surface area contributed by atoms with E-state index in [2.05, 4.69) is 19.1 Å². The molecule has 24 heavy (non-hydrogen) atoms. The molecule has 0 spiro atoms. The molecule has 2 unspecified atom stereocenters. The molecular formula is C19H22O5. The maximum atomic E-state index is 12.1. The Morgan fingerprint density at radius 1 is 1.04 bits per heavy atom. The summed E-state index contributed by atoms with van der Waals surface area (Å²) in [5.41, 5.74) is 1.22. The van der Waals surface area contributed by atoms with Crippen molar-refractivity contribution in [3.8, 4) is 17.2 Å². The summed E-state index contributed by atoms with van der Waals surface area (Å²) < 4.78 is 5.35. The molecule has 3 N–H and O–H groups in total. The number of phenolic OH excluding ortho intramolecular Hbond substituents is 3. The Kier molecular flexibility index (Phi) is 5.68. The van der Waals surface area contributed by atoms with Gasteiger partial charge in [-0.2, -0.15) is 0 Å². The molecule has 0 amide bonds. The van der Waals surface area contributed by atoms with Gasteiger partial charge in [-0.15, -0.1) is 0 Å². The summed E-state index contributed by atoms with van der Waals surface area (Å²) >= 11 is 0. The molecular weight excluding hydrogens is 308 g/mol. The third-order valence-electron chi connectivity index (χ3n) is 3.77. The van der Waals surface area contributed by atoms with E-state index in [1.807, 2.05) is 18.2 Å². The monoisotopic (exact) mass is 330 g/mol. The van der Waals surface area contributed by atoms with Crippen LogP contribution in [0.1, 0.15) is 36.2 Å². The minimum Gasteiger partial charge on any atom is -0.504 e. The first-order chi connectivity index (χ1) is 11.4. The van der Waals surface area contributed by atoms with Crippen LogP contribution in [0.2, 0.25) is 0 Å². The summed E-state index contributed by atoms with van der Waals surface area (Å²) in [6.45, 7) is 3.90. The van der Waals surface area contributed by atoms with Gasteiger partial charge in [0.15, 0.2) is 17.2 Å². The lowest BCUT2D eigenvalue weighted by molar-refractivity contribution is 0.0293. The van der Waals surface area contributed by atoms with Crippen molar-refractivity contribution in [3.05, 3.63) is 53.6 Å². The fourth-order valence-corrected chi connectivity index (χ4v) is 2.69. The highest BCUT2D eigenvalue weighted by Crippen LogP contribution is 2.35. The number of esters is 1. The largest absolute Gasteiger partial charge is 0.504 e. The van der Waals surface area contributed by atoms with Crippen molar-refractivity contribution in [2.24, 2.45) is 5.92 Å². The molecule has 0 saturated carbocycles. The lowest BCUT2D eigenvalue weighted by Crippen LogP contribution is -2.18. The average molecular weight is 330 g/mol. The molecule has 2 atom stereocenters. The number of hydrogen-bond donors (Lipinski definition) is 3. The Balaban J connectivity index is 1.92. The predicted molar refractivity (Wildman–Crippen MR) is 90.2 cm³/mol. The molecule has 0 aliphatic rings. The molecule has 2 rings (SSSR count). The standard InChI is InChI=1S/C19H22O5/c1-12(9-14-6-4-3-5-7-14)8-13(2)24-19(23)15-10-16(20)18(22)17(21)11-15/h3-7,10-13,20-22H,8-9H2,1-2H3. The van der Waals surface area contributed by atoms with Crippen LogP contribution < -0.4 is 0 Å². The van der Waals surface area contributed by atoms with Gasteiger partial charge in [-0.1, -0.05) is 37.3 Å². The van der Waals surface area contributed by atoms with Crippen LogP contribution in [0.4, 0.5) is 0 Å². The summed E-state index contributed by atoms with van der Waals surface area (Å²) in [5.74, 6) is -2.10. The number of benzene rings is 2. The first-order valence-electron chi connectivity index (χ1n) is 7.86. The van der Waals surface area contributed by atoms with Crippen LogP contribution in [0.3, 0.4) is 0 Å². The van der Waals surface area contributed by atoms with Gasteiger partial charge in [0.2, 0.25) is 0 Å².